The van der Waals surface area contributed by atoms with Crippen LogP contribution in [0.25, 0.3) is 0 Å². The molecule has 2 heteroatoms. The third kappa shape index (κ3) is 3.36. The van der Waals surface area contributed by atoms with Gasteiger partial charge in [-0.05, 0) is 38.4 Å². The van der Waals surface area contributed by atoms with E-state index >= 15 is 0 Å². The molecule has 0 saturated heterocycles. The molecule has 1 heterocycles. The van der Waals surface area contributed by atoms with Gasteiger partial charge in [0.1, 0.15) is 0 Å². The predicted octanol–water partition coefficient (Wildman–Crippen LogP) is 2.76. The van der Waals surface area contributed by atoms with E-state index in [1.165, 1.54) is 5.56 Å². The first-order chi connectivity index (χ1) is 7.69. The summed E-state index contributed by atoms with van der Waals surface area (Å²) in [6.45, 7) is 7.13. The molecule has 1 atom stereocenters. The number of rotatable bonds is 5. The van der Waals surface area contributed by atoms with Crippen molar-refractivity contribution in [3.05, 3.63) is 29.1 Å². The molecule has 86 valence electrons. The van der Waals surface area contributed by atoms with Crippen LogP contribution in [0.15, 0.2) is 12.1 Å². The summed E-state index contributed by atoms with van der Waals surface area (Å²) in [6.07, 6.45) is 7.08. The molecular weight excluding hydrogens is 196 g/mol. The van der Waals surface area contributed by atoms with Crippen LogP contribution in [0.5, 0.6) is 0 Å². The van der Waals surface area contributed by atoms with Gasteiger partial charge in [-0.2, -0.15) is 0 Å². The van der Waals surface area contributed by atoms with Crippen molar-refractivity contribution in [3.63, 3.8) is 0 Å². The van der Waals surface area contributed by atoms with E-state index in [-0.39, 0.29) is 0 Å². The fourth-order valence-electron chi connectivity index (χ4n) is 1.91. The molecule has 0 aliphatic heterocycles. The zero-order chi connectivity index (χ0) is 12.0. The molecule has 0 spiro atoms. The highest BCUT2D eigenvalue weighted by Gasteiger charge is 2.12. The molecule has 0 aliphatic carbocycles. The number of aromatic nitrogens is 1. The summed E-state index contributed by atoms with van der Waals surface area (Å²) >= 11 is 0. The first-order valence-corrected chi connectivity index (χ1v) is 5.80. The SMILES string of the molecule is C#CCCC(NCC)c1ccc(C)nc1C. The van der Waals surface area contributed by atoms with Crippen LogP contribution < -0.4 is 5.32 Å². The monoisotopic (exact) mass is 216 g/mol. The highest BCUT2D eigenvalue weighted by atomic mass is 14.9. The van der Waals surface area contributed by atoms with Gasteiger partial charge in [0.05, 0.1) is 0 Å². The van der Waals surface area contributed by atoms with Crippen LogP contribution in [0.3, 0.4) is 0 Å². The van der Waals surface area contributed by atoms with Crippen LogP contribution in [0.4, 0.5) is 0 Å². The summed E-state index contributed by atoms with van der Waals surface area (Å²) < 4.78 is 0. The Morgan fingerprint density at radius 3 is 2.75 bits per heavy atom. The van der Waals surface area contributed by atoms with Gasteiger partial charge >= 0.3 is 0 Å². The third-order valence-electron chi connectivity index (χ3n) is 2.67. The summed E-state index contributed by atoms with van der Waals surface area (Å²) in [5.74, 6) is 2.70. The van der Waals surface area contributed by atoms with Crippen molar-refractivity contribution in [1.82, 2.24) is 10.3 Å². The molecule has 16 heavy (non-hydrogen) atoms. The van der Waals surface area contributed by atoms with E-state index < -0.39 is 0 Å². The summed E-state index contributed by atoms with van der Waals surface area (Å²) in [5, 5.41) is 3.46. The van der Waals surface area contributed by atoms with Crippen molar-refractivity contribution in [2.24, 2.45) is 0 Å². The molecule has 0 aromatic carbocycles. The lowest BCUT2D eigenvalue weighted by Gasteiger charge is -2.19. The Morgan fingerprint density at radius 1 is 1.44 bits per heavy atom. The van der Waals surface area contributed by atoms with Gasteiger partial charge in [-0.15, -0.1) is 12.3 Å². The Labute approximate surface area is 98.5 Å². The van der Waals surface area contributed by atoms with Gasteiger partial charge in [0, 0.05) is 23.9 Å². The number of hydrogen-bond donors (Lipinski definition) is 1. The van der Waals surface area contributed by atoms with Gasteiger partial charge in [0.15, 0.2) is 0 Å². The van der Waals surface area contributed by atoms with Crippen molar-refractivity contribution < 1.29 is 0 Å². The van der Waals surface area contributed by atoms with Gasteiger partial charge in [0.25, 0.3) is 0 Å². The lowest BCUT2D eigenvalue weighted by Crippen LogP contribution is -2.22. The topological polar surface area (TPSA) is 24.9 Å². The predicted molar refractivity (Wildman–Crippen MR) is 68.2 cm³/mol. The first-order valence-electron chi connectivity index (χ1n) is 5.80. The second-order valence-corrected chi connectivity index (χ2v) is 3.98. The molecule has 1 aromatic rings. The van der Waals surface area contributed by atoms with Crippen LogP contribution >= 0.6 is 0 Å². The maximum absolute atomic E-state index is 5.32. The standard InChI is InChI=1S/C14H20N2/c1-5-7-8-14(15-6-2)13-10-9-11(3)16-12(13)4/h1,9-10,14-15H,6-8H2,2-4H3. The van der Waals surface area contributed by atoms with E-state index in [1.54, 1.807) is 0 Å². The van der Waals surface area contributed by atoms with Gasteiger partial charge in [0.2, 0.25) is 0 Å². The molecule has 1 rings (SSSR count). The van der Waals surface area contributed by atoms with Crippen molar-refractivity contribution in [3.8, 4) is 12.3 Å². The second-order valence-electron chi connectivity index (χ2n) is 3.98. The van der Waals surface area contributed by atoms with Gasteiger partial charge < -0.3 is 5.32 Å². The Bertz CT molecular complexity index is 377. The van der Waals surface area contributed by atoms with Gasteiger partial charge in [-0.1, -0.05) is 13.0 Å². The molecule has 0 bridgehead atoms. The fourth-order valence-corrected chi connectivity index (χ4v) is 1.91. The maximum atomic E-state index is 5.32. The minimum Gasteiger partial charge on any atom is -0.310 e. The average molecular weight is 216 g/mol. The van der Waals surface area contributed by atoms with Gasteiger partial charge in [-0.3, -0.25) is 4.98 Å². The van der Waals surface area contributed by atoms with E-state index in [2.05, 4.69) is 42.2 Å². The Balaban J connectivity index is 2.87. The number of terminal acetylenes is 1. The van der Waals surface area contributed by atoms with E-state index in [0.717, 1.165) is 30.8 Å². The molecule has 0 amide bonds. The fraction of sp³-hybridized carbons (Fsp3) is 0.500. The normalized spacial score (nSPS) is 12.1. The van der Waals surface area contributed by atoms with Gasteiger partial charge in [-0.25, -0.2) is 0 Å². The zero-order valence-corrected chi connectivity index (χ0v) is 10.4. The van der Waals surface area contributed by atoms with Crippen LogP contribution in [-0.2, 0) is 0 Å². The molecule has 0 radical (unpaired) electrons. The largest absolute Gasteiger partial charge is 0.310 e. The molecule has 2 nitrogen and oxygen atoms in total. The number of nitrogens with one attached hydrogen (secondary N) is 1. The lowest BCUT2D eigenvalue weighted by atomic mass is 10.0. The minimum atomic E-state index is 0.328. The molecule has 1 unspecified atom stereocenters. The Hall–Kier alpha value is -1.33. The summed E-state index contributed by atoms with van der Waals surface area (Å²) in [7, 11) is 0. The molecule has 0 aliphatic rings. The summed E-state index contributed by atoms with van der Waals surface area (Å²) in [5.41, 5.74) is 3.43. The summed E-state index contributed by atoms with van der Waals surface area (Å²) in [4.78, 5) is 4.49. The van der Waals surface area contributed by atoms with Crippen LogP contribution in [0.2, 0.25) is 0 Å². The lowest BCUT2D eigenvalue weighted by molar-refractivity contribution is 0.518. The van der Waals surface area contributed by atoms with E-state index in [1.807, 2.05) is 6.92 Å². The molecule has 0 saturated carbocycles. The smallest absolute Gasteiger partial charge is 0.0423 e. The summed E-state index contributed by atoms with van der Waals surface area (Å²) in [6, 6.07) is 4.54. The van der Waals surface area contributed by atoms with Crippen molar-refractivity contribution in [2.45, 2.75) is 39.7 Å². The number of pyridine rings is 1. The molecule has 0 fully saturated rings. The molecule has 1 N–H and O–H groups in total. The van der Waals surface area contributed by atoms with E-state index in [4.69, 9.17) is 6.42 Å². The first kappa shape index (κ1) is 12.7. The quantitative estimate of drug-likeness (QED) is 0.766. The number of nitrogens with zero attached hydrogens (tertiary/aromatic N) is 1. The van der Waals surface area contributed by atoms with Crippen LogP contribution in [-0.4, -0.2) is 11.5 Å². The highest BCUT2D eigenvalue weighted by Crippen LogP contribution is 2.21. The van der Waals surface area contributed by atoms with E-state index in [0.29, 0.717) is 6.04 Å². The third-order valence-corrected chi connectivity index (χ3v) is 2.67. The Kier molecular flexibility index (Phi) is 5.01. The second kappa shape index (κ2) is 6.30. The Morgan fingerprint density at radius 2 is 2.19 bits per heavy atom. The minimum absolute atomic E-state index is 0.328. The van der Waals surface area contributed by atoms with E-state index in [9.17, 15) is 0 Å². The average Bonchev–Trinajstić information content (AvgIpc) is 2.25. The maximum Gasteiger partial charge on any atom is 0.0423 e. The van der Waals surface area contributed by atoms with Crippen molar-refractivity contribution >= 4 is 0 Å². The van der Waals surface area contributed by atoms with Crippen molar-refractivity contribution in [2.75, 3.05) is 6.54 Å². The van der Waals surface area contributed by atoms with Crippen LogP contribution in [0, 0.1) is 26.2 Å². The van der Waals surface area contributed by atoms with Crippen molar-refractivity contribution in [1.29, 1.82) is 0 Å². The van der Waals surface area contributed by atoms with Crippen LogP contribution in [0.1, 0.15) is 42.8 Å². The zero-order valence-electron chi connectivity index (χ0n) is 10.4. The number of aryl methyl sites for hydroxylation is 2. The highest BCUT2D eigenvalue weighted by molar-refractivity contribution is 5.25. The molecule has 1 aromatic heterocycles. The number of hydrogen-bond acceptors (Lipinski definition) is 2. The molecular formula is C14H20N2.